The maximum Gasteiger partial charge on any atom is 0.0961 e. The molecule has 1 aromatic carbocycles. The first-order valence-electron chi connectivity index (χ1n) is 6.40. The molecule has 92 valence electrons. The van der Waals surface area contributed by atoms with E-state index in [2.05, 4.69) is 39.4 Å². The van der Waals surface area contributed by atoms with Crippen LogP contribution in [-0.4, -0.2) is 18.7 Å². The second kappa shape index (κ2) is 4.71. The standard InChI is InChI=1S/C14H18BrNO/c15-12-6-2-1-5-11(12)13-9-16-14(10-17-13)7-3-4-8-14/h1-2,5-6,13,16H,3-4,7-10H2. The molecule has 0 amide bonds. The molecule has 1 saturated carbocycles. The van der Waals surface area contributed by atoms with E-state index in [1.165, 1.54) is 31.2 Å². The van der Waals surface area contributed by atoms with Crippen LogP contribution in [0.15, 0.2) is 28.7 Å². The Morgan fingerprint density at radius 1 is 1.24 bits per heavy atom. The van der Waals surface area contributed by atoms with Crippen molar-refractivity contribution in [2.75, 3.05) is 13.2 Å². The van der Waals surface area contributed by atoms with Gasteiger partial charge in [-0.05, 0) is 24.5 Å². The van der Waals surface area contributed by atoms with Crippen LogP contribution in [-0.2, 0) is 4.74 Å². The van der Waals surface area contributed by atoms with Crippen molar-refractivity contribution in [3.8, 4) is 0 Å². The van der Waals surface area contributed by atoms with Crippen molar-refractivity contribution < 1.29 is 4.74 Å². The second-order valence-electron chi connectivity index (χ2n) is 5.19. The zero-order chi connectivity index (χ0) is 11.7. The first kappa shape index (κ1) is 11.7. The van der Waals surface area contributed by atoms with E-state index in [1.54, 1.807) is 0 Å². The molecule has 1 atom stereocenters. The Balaban J connectivity index is 1.71. The van der Waals surface area contributed by atoms with Crippen molar-refractivity contribution in [2.24, 2.45) is 0 Å². The summed E-state index contributed by atoms with van der Waals surface area (Å²) in [5, 5.41) is 3.72. The molecule has 1 unspecified atom stereocenters. The van der Waals surface area contributed by atoms with Gasteiger partial charge in [0.15, 0.2) is 0 Å². The molecule has 2 nitrogen and oxygen atoms in total. The van der Waals surface area contributed by atoms with Gasteiger partial charge < -0.3 is 10.1 Å². The van der Waals surface area contributed by atoms with Gasteiger partial charge in [0, 0.05) is 16.6 Å². The van der Waals surface area contributed by atoms with Gasteiger partial charge in [-0.15, -0.1) is 0 Å². The van der Waals surface area contributed by atoms with Crippen molar-refractivity contribution >= 4 is 15.9 Å². The Labute approximate surface area is 111 Å². The Morgan fingerprint density at radius 3 is 2.65 bits per heavy atom. The topological polar surface area (TPSA) is 21.3 Å². The van der Waals surface area contributed by atoms with E-state index in [1.807, 2.05) is 6.07 Å². The van der Waals surface area contributed by atoms with Crippen LogP contribution in [0.25, 0.3) is 0 Å². The molecule has 1 spiro atoms. The Bertz CT molecular complexity index is 391. The fraction of sp³-hybridized carbons (Fsp3) is 0.571. The van der Waals surface area contributed by atoms with Crippen molar-refractivity contribution in [3.05, 3.63) is 34.3 Å². The molecule has 17 heavy (non-hydrogen) atoms. The normalized spacial score (nSPS) is 27.5. The first-order chi connectivity index (χ1) is 8.29. The monoisotopic (exact) mass is 295 g/mol. The number of ether oxygens (including phenoxy) is 1. The Morgan fingerprint density at radius 2 is 2.00 bits per heavy atom. The highest BCUT2D eigenvalue weighted by Crippen LogP contribution is 2.36. The summed E-state index contributed by atoms with van der Waals surface area (Å²) in [6.45, 7) is 1.79. The quantitative estimate of drug-likeness (QED) is 0.857. The third-order valence-corrected chi connectivity index (χ3v) is 4.76. The van der Waals surface area contributed by atoms with Crippen LogP contribution in [0.2, 0.25) is 0 Å². The predicted octanol–water partition coefficient (Wildman–Crippen LogP) is 3.42. The van der Waals surface area contributed by atoms with Gasteiger partial charge in [-0.25, -0.2) is 0 Å². The zero-order valence-electron chi connectivity index (χ0n) is 9.92. The van der Waals surface area contributed by atoms with E-state index < -0.39 is 0 Å². The molecule has 1 saturated heterocycles. The minimum Gasteiger partial charge on any atom is -0.370 e. The van der Waals surface area contributed by atoms with E-state index in [4.69, 9.17) is 4.74 Å². The summed E-state index contributed by atoms with van der Waals surface area (Å²) in [7, 11) is 0. The van der Waals surface area contributed by atoms with Crippen LogP contribution in [0.4, 0.5) is 0 Å². The van der Waals surface area contributed by atoms with Gasteiger partial charge in [0.05, 0.1) is 12.7 Å². The molecule has 1 aromatic rings. The van der Waals surface area contributed by atoms with Gasteiger partial charge in [-0.3, -0.25) is 0 Å². The van der Waals surface area contributed by atoms with E-state index in [9.17, 15) is 0 Å². The molecule has 1 N–H and O–H groups in total. The molecule has 1 aliphatic carbocycles. The van der Waals surface area contributed by atoms with Gasteiger partial charge in [0.1, 0.15) is 0 Å². The first-order valence-corrected chi connectivity index (χ1v) is 7.19. The summed E-state index contributed by atoms with van der Waals surface area (Å²) in [4.78, 5) is 0. The predicted molar refractivity (Wildman–Crippen MR) is 72.0 cm³/mol. The number of rotatable bonds is 1. The number of nitrogens with one attached hydrogen (secondary N) is 1. The lowest BCUT2D eigenvalue weighted by molar-refractivity contribution is -0.0329. The van der Waals surface area contributed by atoms with Crippen LogP contribution >= 0.6 is 15.9 Å². The van der Waals surface area contributed by atoms with Gasteiger partial charge in [-0.1, -0.05) is 47.0 Å². The lowest BCUT2D eigenvalue weighted by atomic mass is 9.95. The van der Waals surface area contributed by atoms with Crippen LogP contribution in [0, 0.1) is 0 Å². The number of hydrogen-bond donors (Lipinski definition) is 1. The van der Waals surface area contributed by atoms with E-state index in [-0.39, 0.29) is 11.6 Å². The smallest absolute Gasteiger partial charge is 0.0961 e. The van der Waals surface area contributed by atoms with Crippen LogP contribution < -0.4 is 5.32 Å². The molecule has 2 aliphatic rings. The molecule has 3 heteroatoms. The average molecular weight is 296 g/mol. The van der Waals surface area contributed by atoms with Gasteiger partial charge in [-0.2, -0.15) is 0 Å². The maximum absolute atomic E-state index is 6.09. The van der Waals surface area contributed by atoms with Crippen molar-refractivity contribution in [2.45, 2.75) is 37.3 Å². The summed E-state index contributed by atoms with van der Waals surface area (Å²) in [5.74, 6) is 0. The summed E-state index contributed by atoms with van der Waals surface area (Å²) >= 11 is 3.60. The zero-order valence-corrected chi connectivity index (χ0v) is 11.5. The van der Waals surface area contributed by atoms with E-state index in [0.29, 0.717) is 0 Å². The third kappa shape index (κ3) is 2.28. The minimum absolute atomic E-state index is 0.191. The number of benzene rings is 1. The Kier molecular flexibility index (Phi) is 3.24. The molecule has 1 heterocycles. The van der Waals surface area contributed by atoms with Crippen LogP contribution in [0.3, 0.4) is 0 Å². The molecule has 1 aliphatic heterocycles. The molecule has 0 aromatic heterocycles. The summed E-state index contributed by atoms with van der Waals surface area (Å²) in [5.41, 5.74) is 1.55. The summed E-state index contributed by atoms with van der Waals surface area (Å²) in [6, 6.07) is 8.34. The van der Waals surface area contributed by atoms with Crippen molar-refractivity contribution in [1.82, 2.24) is 5.32 Å². The number of hydrogen-bond acceptors (Lipinski definition) is 2. The van der Waals surface area contributed by atoms with Gasteiger partial charge in [0.25, 0.3) is 0 Å². The molecule has 0 bridgehead atoms. The molecule has 3 rings (SSSR count). The highest BCUT2D eigenvalue weighted by Gasteiger charge is 2.38. The van der Waals surface area contributed by atoms with E-state index in [0.717, 1.165) is 17.6 Å². The van der Waals surface area contributed by atoms with Crippen molar-refractivity contribution in [3.63, 3.8) is 0 Å². The largest absolute Gasteiger partial charge is 0.370 e. The SMILES string of the molecule is Brc1ccccc1C1CNC2(CCCC2)CO1. The molecular weight excluding hydrogens is 278 g/mol. The Hall–Kier alpha value is -0.380. The minimum atomic E-state index is 0.191. The van der Waals surface area contributed by atoms with E-state index >= 15 is 0 Å². The fourth-order valence-corrected chi connectivity index (χ4v) is 3.53. The fourth-order valence-electron chi connectivity index (χ4n) is 2.99. The average Bonchev–Trinajstić information content (AvgIpc) is 2.80. The number of halogens is 1. The lowest BCUT2D eigenvalue weighted by Crippen LogP contribution is -2.53. The van der Waals surface area contributed by atoms with Crippen LogP contribution in [0.1, 0.15) is 37.4 Å². The highest BCUT2D eigenvalue weighted by atomic mass is 79.9. The van der Waals surface area contributed by atoms with Crippen molar-refractivity contribution in [1.29, 1.82) is 0 Å². The van der Waals surface area contributed by atoms with Crippen LogP contribution in [0.5, 0.6) is 0 Å². The third-order valence-electron chi connectivity index (χ3n) is 4.04. The lowest BCUT2D eigenvalue weighted by Gasteiger charge is -2.39. The van der Waals surface area contributed by atoms with Gasteiger partial charge in [0.2, 0.25) is 0 Å². The second-order valence-corrected chi connectivity index (χ2v) is 6.04. The summed E-state index contributed by atoms with van der Waals surface area (Å²) < 4.78 is 7.24. The number of morpholine rings is 1. The molecule has 2 fully saturated rings. The van der Waals surface area contributed by atoms with Gasteiger partial charge >= 0.3 is 0 Å². The molecule has 0 radical (unpaired) electrons. The maximum atomic E-state index is 6.09. The molecular formula is C14H18BrNO. The summed E-state index contributed by atoms with van der Waals surface area (Å²) in [6.07, 6.45) is 5.43. The highest BCUT2D eigenvalue weighted by molar-refractivity contribution is 9.10.